The lowest BCUT2D eigenvalue weighted by atomic mass is 10.2. The number of carboxylic acid groups (broad SMARTS) is 1. The van der Waals surface area contributed by atoms with E-state index in [4.69, 9.17) is 5.11 Å². The van der Waals surface area contributed by atoms with Gasteiger partial charge in [-0.05, 0) is 23.8 Å². The molecule has 0 atom stereocenters. The largest absolute Gasteiger partial charge is 0.478 e. The molecule has 1 aromatic carbocycles. The predicted octanol–water partition coefficient (Wildman–Crippen LogP) is 1.72. The van der Waals surface area contributed by atoms with Gasteiger partial charge in [0, 0.05) is 17.7 Å². The minimum absolute atomic E-state index is 0.117. The minimum Gasteiger partial charge on any atom is -0.478 e. The molecule has 21 heavy (non-hydrogen) atoms. The van der Waals surface area contributed by atoms with Gasteiger partial charge in [0.15, 0.2) is 0 Å². The van der Waals surface area contributed by atoms with Crippen molar-refractivity contribution >= 4 is 33.4 Å². The molecule has 1 aromatic heterocycles. The van der Waals surface area contributed by atoms with Gasteiger partial charge in [0.1, 0.15) is 5.01 Å². The number of benzene rings is 1. The van der Waals surface area contributed by atoms with Crippen molar-refractivity contribution in [2.45, 2.75) is 11.4 Å². The second kappa shape index (κ2) is 6.61. The number of nitrogens with zero attached hydrogens (tertiary/aromatic N) is 1. The van der Waals surface area contributed by atoms with Crippen molar-refractivity contribution in [3.8, 4) is 0 Å². The maximum absolute atomic E-state index is 12.1. The van der Waals surface area contributed by atoms with E-state index in [0.29, 0.717) is 10.6 Å². The normalized spacial score (nSPS) is 11.8. The standard InChI is InChI=1S/C13H12N2O4S2/c16-13(17)6-3-10-1-4-11(5-2-10)21(18,19)15-9-12-14-7-8-20-12/h1-8,15H,9H2,(H,16,17)/b6-3+. The van der Waals surface area contributed by atoms with Crippen LogP contribution in [0.25, 0.3) is 6.08 Å². The number of hydrogen-bond acceptors (Lipinski definition) is 5. The van der Waals surface area contributed by atoms with Gasteiger partial charge in [0.2, 0.25) is 10.0 Å². The van der Waals surface area contributed by atoms with Crippen LogP contribution in [0.2, 0.25) is 0 Å². The molecule has 2 rings (SSSR count). The molecule has 0 aliphatic heterocycles. The summed E-state index contributed by atoms with van der Waals surface area (Å²) in [6, 6.07) is 5.92. The van der Waals surface area contributed by atoms with Crippen LogP contribution >= 0.6 is 11.3 Å². The molecule has 110 valence electrons. The first-order valence-electron chi connectivity index (χ1n) is 5.86. The molecule has 2 N–H and O–H groups in total. The maximum Gasteiger partial charge on any atom is 0.328 e. The summed E-state index contributed by atoms with van der Waals surface area (Å²) in [5.41, 5.74) is 0.608. The van der Waals surface area contributed by atoms with Crippen molar-refractivity contribution in [3.05, 3.63) is 52.5 Å². The van der Waals surface area contributed by atoms with Gasteiger partial charge >= 0.3 is 5.97 Å². The third-order valence-corrected chi connectivity index (χ3v) is 4.70. The SMILES string of the molecule is O=C(O)/C=C/c1ccc(S(=O)(=O)NCc2nccs2)cc1. The van der Waals surface area contributed by atoms with Gasteiger partial charge in [-0.15, -0.1) is 11.3 Å². The van der Waals surface area contributed by atoms with Crippen molar-refractivity contribution in [3.63, 3.8) is 0 Å². The number of hydrogen-bond donors (Lipinski definition) is 2. The highest BCUT2D eigenvalue weighted by Crippen LogP contribution is 2.13. The minimum atomic E-state index is -3.61. The Morgan fingerprint density at radius 2 is 2.05 bits per heavy atom. The second-order valence-corrected chi connectivity index (χ2v) is 6.74. The molecule has 0 unspecified atom stereocenters. The van der Waals surface area contributed by atoms with Crippen LogP contribution in [0.4, 0.5) is 0 Å². The third kappa shape index (κ3) is 4.48. The zero-order valence-corrected chi connectivity index (χ0v) is 12.4. The van der Waals surface area contributed by atoms with Crippen LogP contribution in [0.1, 0.15) is 10.6 Å². The van der Waals surface area contributed by atoms with E-state index in [-0.39, 0.29) is 11.4 Å². The molecular formula is C13H12N2O4S2. The van der Waals surface area contributed by atoms with Crippen LogP contribution in [0.3, 0.4) is 0 Å². The lowest BCUT2D eigenvalue weighted by molar-refractivity contribution is -0.131. The summed E-state index contributed by atoms with van der Waals surface area (Å²) in [6.45, 7) is 0.140. The van der Waals surface area contributed by atoms with E-state index in [1.165, 1.54) is 41.7 Å². The molecule has 0 amide bonds. The molecule has 0 bridgehead atoms. The monoisotopic (exact) mass is 324 g/mol. The fraction of sp³-hybridized carbons (Fsp3) is 0.0769. The molecule has 0 saturated heterocycles. The van der Waals surface area contributed by atoms with E-state index in [1.54, 1.807) is 11.6 Å². The first-order chi connectivity index (χ1) is 9.97. The Morgan fingerprint density at radius 3 is 2.62 bits per heavy atom. The third-order valence-electron chi connectivity index (χ3n) is 2.51. The number of aromatic nitrogens is 1. The smallest absolute Gasteiger partial charge is 0.328 e. The highest BCUT2D eigenvalue weighted by molar-refractivity contribution is 7.89. The van der Waals surface area contributed by atoms with Crippen molar-refractivity contribution < 1.29 is 18.3 Å². The summed E-state index contributed by atoms with van der Waals surface area (Å²) in [5.74, 6) is -1.06. The number of sulfonamides is 1. The molecule has 0 aliphatic rings. The summed E-state index contributed by atoms with van der Waals surface area (Å²) in [4.78, 5) is 14.5. The Morgan fingerprint density at radius 1 is 1.33 bits per heavy atom. The fourth-order valence-corrected chi connectivity index (χ4v) is 3.14. The van der Waals surface area contributed by atoms with Crippen molar-refractivity contribution in [2.75, 3.05) is 0 Å². The van der Waals surface area contributed by atoms with E-state index in [9.17, 15) is 13.2 Å². The van der Waals surface area contributed by atoms with Crippen LogP contribution < -0.4 is 4.72 Å². The lowest BCUT2D eigenvalue weighted by Gasteiger charge is -2.05. The van der Waals surface area contributed by atoms with Crippen LogP contribution in [0.5, 0.6) is 0 Å². The van der Waals surface area contributed by atoms with Gasteiger partial charge < -0.3 is 5.11 Å². The predicted molar refractivity (Wildman–Crippen MR) is 79.3 cm³/mol. The van der Waals surface area contributed by atoms with Gasteiger partial charge in [-0.1, -0.05) is 12.1 Å². The number of aliphatic carboxylic acids is 1. The summed E-state index contributed by atoms with van der Waals surface area (Å²) in [5, 5.41) is 11.0. The van der Waals surface area contributed by atoms with Crippen LogP contribution in [-0.4, -0.2) is 24.5 Å². The van der Waals surface area contributed by atoms with Gasteiger partial charge in [0.25, 0.3) is 0 Å². The first-order valence-corrected chi connectivity index (χ1v) is 8.23. The van der Waals surface area contributed by atoms with Crippen molar-refractivity contribution in [1.82, 2.24) is 9.71 Å². The molecule has 1 heterocycles. The highest BCUT2D eigenvalue weighted by atomic mass is 32.2. The van der Waals surface area contributed by atoms with E-state index in [2.05, 4.69) is 9.71 Å². The molecule has 0 radical (unpaired) electrons. The Bertz CT molecular complexity index is 735. The zero-order valence-electron chi connectivity index (χ0n) is 10.8. The number of nitrogens with one attached hydrogen (secondary N) is 1. The van der Waals surface area contributed by atoms with Gasteiger partial charge in [-0.25, -0.2) is 22.9 Å². The molecule has 0 fully saturated rings. The van der Waals surface area contributed by atoms with Crippen LogP contribution in [0.15, 0.2) is 46.8 Å². The summed E-state index contributed by atoms with van der Waals surface area (Å²) in [6.07, 6.45) is 3.99. The topological polar surface area (TPSA) is 96.4 Å². The molecule has 0 aliphatic carbocycles. The molecule has 6 nitrogen and oxygen atoms in total. The number of carbonyl (C=O) groups is 1. The summed E-state index contributed by atoms with van der Waals surface area (Å²) < 4.78 is 26.6. The van der Waals surface area contributed by atoms with Crippen molar-refractivity contribution in [1.29, 1.82) is 0 Å². The molecule has 0 spiro atoms. The second-order valence-electron chi connectivity index (χ2n) is 3.99. The fourth-order valence-electron chi connectivity index (χ4n) is 1.51. The number of thiazole rings is 1. The molecule has 8 heteroatoms. The Labute approximate surface area is 125 Å². The molecule has 0 saturated carbocycles. The van der Waals surface area contributed by atoms with Gasteiger partial charge in [-0.3, -0.25) is 0 Å². The van der Waals surface area contributed by atoms with E-state index in [0.717, 1.165) is 6.08 Å². The summed E-state index contributed by atoms with van der Waals surface area (Å²) >= 11 is 1.37. The average molecular weight is 324 g/mol. The lowest BCUT2D eigenvalue weighted by Crippen LogP contribution is -2.23. The quantitative estimate of drug-likeness (QED) is 0.789. The first kappa shape index (κ1) is 15.4. The number of carboxylic acids is 1. The molecule has 2 aromatic rings. The van der Waals surface area contributed by atoms with Gasteiger partial charge in [-0.2, -0.15) is 0 Å². The maximum atomic E-state index is 12.1. The number of rotatable bonds is 6. The highest BCUT2D eigenvalue weighted by Gasteiger charge is 2.13. The van der Waals surface area contributed by atoms with E-state index >= 15 is 0 Å². The summed E-state index contributed by atoms with van der Waals surface area (Å²) in [7, 11) is -3.61. The van der Waals surface area contributed by atoms with E-state index in [1.807, 2.05) is 0 Å². The van der Waals surface area contributed by atoms with Gasteiger partial charge in [0.05, 0.1) is 11.4 Å². The Kier molecular flexibility index (Phi) is 4.84. The van der Waals surface area contributed by atoms with Crippen molar-refractivity contribution in [2.24, 2.45) is 0 Å². The Balaban J connectivity index is 2.08. The zero-order chi connectivity index (χ0) is 15.3. The van der Waals surface area contributed by atoms with Crippen LogP contribution in [0, 0.1) is 0 Å². The molecular weight excluding hydrogens is 312 g/mol. The van der Waals surface area contributed by atoms with E-state index < -0.39 is 16.0 Å². The Hall–Kier alpha value is -2.03. The van der Waals surface area contributed by atoms with Crippen LogP contribution in [-0.2, 0) is 21.4 Å². The average Bonchev–Trinajstić information content (AvgIpc) is 2.97.